The SMILES string of the molecule is Cc1ccc(C(c2nc3cc[nH]c3cc2-c2ccc(C#N)cc2)[C@H]2CCNC2)cc1. The molecule has 4 nitrogen and oxygen atoms in total. The van der Waals surface area contributed by atoms with E-state index in [9.17, 15) is 5.26 Å². The Labute approximate surface area is 176 Å². The number of hydrogen-bond acceptors (Lipinski definition) is 3. The number of aromatic amines is 1. The first-order chi connectivity index (χ1) is 14.7. The van der Waals surface area contributed by atoms with Crippen LogP contribution in [0.15, 0.2) is 66.9 Å². The highest BCUT2D eigenvalue weighted by molar-refractivity contribution is 5.83. The summed E-state index contributed by atoms with van der Waals surface area (Å²) in [5, 5.41) is 12.7. The van der Waals surface area contributed by atoms with Gasteiger partial charge in [0, 0.05) is 17.7 Å². The van der Waals surface area contributed by atoms with Gasteiger partial charge in [0.25, 0.3) is 0 Å². The summed E-state index contributed by atoms with van der Waals surface area (Å²) in [7, 11) is 0. The highest BCUT2D eigenvalue weighted by atomic mass is 14.9. The number of aryl methyl sites for hydroxylation is 1. The van der Waals surface area contributed by atoms with E-state index in [4.69, 9.17) is 4.98 Å². The first kappa shape index (κ1) is 18.6. The van der Waals surface area contributed by atoms with Gasteiger partial charge < -0.3 is 10.3 Å². The van der Waals surface area contributed by atoms with Crippen molar-refractivity contribution in [3.8, 4) is 17.2 Å². The van der Waals surface area contributed by atoms with Crippen molar-refractivity contribution < 1.29 is 0 Å². The lowest BCUT2D eigenvalue weighted by atomic mass is 9.79. The molecule has 4 aromatic rings. The molecule has 0 aliphatic carbocycles. The molecule has 1 unspecified atom stereocenters. The van der Waals surface area contributed by atoms with Crippen LogP contribution in [0, 0.1) is 24.2 Å². The molecule has 3 heterocycles. The zero-order valence-electron chi connectivity index (χ0n) is 17.0. The first-order valence-corrected chi connectivity index (χ1v) is 10.5. The number of rotatable bonds is 4. The summed E-state index contributed by atoms with van der Waals surface area (Å²) in [6, 6.07) is 23.2. The Morgan fingerprint density at radius 1 is 1.07 bits per heavy atom. The molecule has 0 amide bonds. The minimum Gasteiger partial charge on any atom is -0.360 e. The molecule has 2 N–H and O–H groups in total. The predicted molar refractivity (Wildman–Crippen MR) is 120 cm³/mol. The van der Waals surface area contributed by atoms with Gasteiger partial charge >= 0.3 is 0 Å². The van der Waals surface area contributed by atoms with E-state index in [-0.39, 0.29) is 5.92 Å². The summed E-state index contributed by atoms with van der Waals surface area (Å²) in [6.07, 6.45) is 3.08. The van der Waals surface area contributed by atoms with Crippen LogP contribution in [-0.4, -0.2) is 23.1 Å². The molecular formula is C26H24N4. The van der Waals surface area contributed by atoms with Crippen LogP contribution in [-0.2, 0) is 0 Å². The number of fused-ring (bicyclic) bond motifs is 1. The Balaban J connectivity index is 1.72. The lowest BCUT2D eigenvalue weighted by Gasteiger charge is -2.26. The molecule has 148 valence electrons. The molecule has 0 spiro atoms. The molecule has 2 aromatic heterocycles. The molecule has 4 heteroatoms. The van der Waals surface area contributed by atoms with E-state index >= 15 is 0 Å². The average Bonchev–Trinajstić information content (AvgIpc) is 3.47. The van der Waals surface area contributed by atoms with Crippen molar-refractivity contribution in [1.82, 2.24) is 15.3 Å². The molecule has 30 heavy (non-hydrogen) atoms. The Bertz CT molecular complexity index is 1210. The number of H-pyrrole nitrogens is 1. The minimum atomic E-state index is 0.213. The van der Waals surface area contributed by atoms with Crippen LogP contribution in [0.5, 0.6) is 0 Å². The number of aromatic nitrogens is 2. The lowest BCUT2D eigenvalue weighted by Crippen LogP contribution is -2.19. The van der Waals surface area contributed by atoms with Gasteiger partial charge in [-0.15, -0.1) is 0 Å². The number of nitrogens with one attached hydrogen (secondary N) is 2. The van der Waals surface area contributed by atoms with Gasteiger partial charge in [0.1, 0.15) is 0 Å². The van der Waals surface area contributed by atoms with E-state index in [1.165, 1.54) is 11.1 Å². The molecule has 2 atom stereocenters. The van der Waals surface area contributed by atoms with Gasteiger partial charge in [0.05, 0.1) is 28.4 Å². The maximum atomic E-state index is 9.20. The largest absolute Gasteiger partial charge is 0.360 e. The summed E-state index contributed by atoms with van der Waals surface area (Å²) in [5.74, 6) is 0.708. The van der Waals surface area contributed by atoms with E-state index < -0.39 is 0 Å². The van der Waals surface area contributed by atoms with Crippen LogP contribution in [0.25, 0.3) is 22.2 Å². The Hall–Kier alpha value is -3.42. The van der Waals surface area contributed by atoms with E-state index in [1.807, 2.05) is 36.5 Å². The van der Waals surface area contributed by atoms with Gasteiger partial charge in [-0.25, -0.2) is 4.98 Å². The fourth-order valence-electron chi connectivity index (χ4n) is 4.58. The van der Waals surface area contributed by atoms with Gasteiger partial charge in [-0.3, -0.25) is 0 Å². The van der Waals surface area contributed by atoms with Crippen LogP contribution < -0.4 is 5.32 Å². The summed E-state index contributed by atoms with van der Waals surface area (Å²) in [4.78, 5) is 8.48. The van der Waals surface area contributed by atoms with Crippen LogP contribution in [0.3, 0.4) is 0 Å². The average molecular weight is 393 g/mol. The van der Waals surface area contributed by atoms with Crippen molar-refractivity contribution in [1.29, 1.82) is 5.26 Å². The van der Waals surface area contributed by atoms with Gasteiger partial charge in [-0.1, -0.05) is 42.0 Å². The van der Waals surface area contributed by atoms with Gasteiger partial charge in [0.15, 0.2) is 0 Å². The monoisotopic (exact) mass is 392 g/mol. The Kier molecular flexibility index (Phi) is 4.82. The number of benzene rings is 2. The van der Waals surface area contributed by atoms with Crippen molar-refractivity contribution >= 4 is 11.0 Å². The topological polar surface area (TPSA) is 64.5 Å². The zero-order chi connectivity index (χ0) is 20.5. The molecule has 2 aromatic carbocycles. The molecule has 1 aliphatic rings. The third-order valence-electron chi connectivity index (χ3n) is 6.19. The van der Waals surface area contributed by atoms with Crippen molar-refractivity contribution in [3.63, 3.8) is 0 Å². The molecule has 0 radical (unpaired) electrons. The highest BCUT2D eigenvalue weighted by Crippen LogP contribution is 2.40. The second kappa shape index (κ2) is 7.78. The number of pyridine rings is 1. The normalized spacial score (nSPS) is 17.1. The maximum absolute atomic E-state index is 9.20. The fraction of sp³-hybridized carbons (Fsp3) is 0.231. The zero-order valence-corrected chi connectivity index (χ0v) is 17.0. The van der Waals surface area contributed by atoms with E-state index in [0.717, 1.165) is 47.4 Å². The number of nitrogens with zero attached hydrogens (tertiary/aromatic N) is 2. The second-order valence-corrected chi connectivity index (χ2v) is 8.16. The summed E-state index contributed by atoms with van der Waals surface area (Å²) < 4.78 is 0. The second-order valence-electron chi connectivity index (χ2n) is 8.16. The third-order valence-corrected chi connectivity index (χ3v) is 6.19. The van der Waals surface area contributed by atoms with E-state index in [2.05, 4.69) is 53.6 Å². The van der Waals surface area contributed by atoms with E-state index in [0.29, 0.717) is 11.5 Å². The molecule has 0 bridgehead atoms. The smallest absolute Gasteiger partial charge is 0.0991 e. The van der Waals surface area contributed by atoms with Crippen LogP contribution in [0.2, 0.25) is 0 Å². The van der Waals surface area contributed by atoms with Crippen LogP contribution in [0.4, 0.5) is 0 Å². The first-order valence-electron chi connectivity index (χ1n) is 10.5. The van der Waals surface area contributed by atoms with Crippen LogP contribution in [0.1, 0.15) is 34.7 Å². The molecule has 5 rings (SSSR count). The molecule has 1 fully saturated rings. The molecule has 0 saturated carbocycles. The molecule has 1 saturated heterocycles. The summed E-state index contributed by atoms with van der Waals surface area (Å²) >= 11 is 0. The predicted octanol–water partition coefficient (Wildman–Crippen LogP) is 5.15. The third kappa shape index (κ3) is 3.38. The van der Waals surface area contributed by atoms with Gasteiger partial charge in [-0.05, 0) is 67.7 Å². The maximum Gasteiger partial charge on any atom is 0.0991 e. The standard InChI is InChI=1S/C26H24N4/c1-17-2-6-20(7-3-17)25(21-10-12-28-16-21)26-22(14-24-23(30-26)11-13-29-24)19-8-4-18(15-27)5-9-19/h2-9,11,13-14,21,25,28-29H,10,12,16H2,1H3/t21-,25?/m0/s1. The number of hydrogen-bond donors (Lipinski definition) is 2. The summed E-state index contributed by atoms with van der Waals surface area (Å²) in [5.41, 5.74) is 8.61. The number of nitriles is 1. The van der Waals surface area contributed by atoms with Crippen molar-refractivity contribution in [3.05, 3.63) is 89.2 Å². The highest BCUT2D eigenvalue weighted by Gasteiger charge is 2.31. The molecule has 1 aliphatic heterocycles. The van der Waals surface area contributed by atoms with Crippen molar-refractivity contribution in [2.75, 3.05) is 13.1 Å². The van der Waals surface area contributed by atoms with E-state index in [1.54, 1.807) is 0 Å². The quantitative estimate of drug-likeness (QED) is 0.505. The Morgan fingerprint density at radius 2 is 1.87 bits per heavy atom. The fourth-order valence-corrected chi connectivity index (χ4v) is 4.58. The van der Waals surface area contributed by atoms with Gasteiger partial charge in [-0.2, -0.15) is 5.26 Å². The van der Waals surface area contributed by atoms with Crippen molar-refractivity contribution in [2.24, 2.45) is 5.92 Å². The van der Waals surface area contributed by atoms with Crippen molar-refractivity contribution in [2.45, 2.75) is 19.3 Å². The lowest BCUT2D eigenvalue weighted by molar-refractivity contribution is 0.505. The minimum absolute atomic E-state index is 0.213. The summed E-state index contributed by atoms with van der Waals surface area (Å²) in [6.45, 7) is 4.17. The van der Waals surface area contributed by atoms with Crippen LogP contribution >= 0.6 is 0 Å². The van der Waals surface area contributed by atoms with Gasteiger partial charge in [0.2, 0.25) is 0 Å². The Morgan fingerprint density at radius 3 is 2.57 bits per heavy atom. The molecular weight excluding hydrogens is 368 g/mol.